The first-order chi connectivity index (χ1) is 10.7. The van der Waals surface area contributed by atoms with Gasteiger partial charge in [0, 0.05) is 12.0 Å². The first-order valence-electron chi connectivity index (χ1n) is 8.31. The molecule has 23 heavy (non-hydrogen) atoms. The first-order valence-corrected chi connectivity index (χ1v) is 9.12. The summed E-state index contributed by atoms with van der Waals surface area (Å²) in [4.78, 5) is 30.0. The summed E-state index contributed by atoms with van der Waals surface area (Å²) in [5.41, 5.74) is 6.61. The topological polar surface area (TPSA) is 85.1 Å². The molecule has 0 radical (unpaired) electrons. The number of carbonyl (C=O) groups excluding carboxylic acids is 2. The van der Waals surface area contributed by atoms with Gasteiger partial charge < -0.3 is 11.1 Å². The van der Waals surface area contributed by atoms with Crippen LogP contribution in [0, 0.1) is 11.3 Å². The maximum Gasteiger partial charge on any atom is 0.231 e. The Balaban J connectivity index is 1.77. The molecular weight excluding hydrogens is 310 g/mol. The highest BCUT2D eigenvalue weighted by atomic mass is 32.1. The van der Waals surface area contributed by atoms with Crippen molar-refractivity contribution in [1.82, 2.24) is 4.98 Å². The number of aromatic nitrogens is 1. The van der Waals surface area contributed by atoms with E-state index < -0.39 is 5.54 Å². The number of anilines is 1. The molecule has 1 aromatic heterocycles. The maximum atomic E-state index is 12.6. The number of rotatable bonds is 2. The molecule has 3 rings (SSSR count). The van der Waals surface area contributed by atoms with E-state index in [4.69, 9.17) is 5.73 Å². The molecule has 126 valence electrons. The van der Waals surface area contributed by atoms with E-state index in [9.17, 15) is 9.59 Å². The largest absolute Gasteiger partial charge is 0.325 e. The number of nitrogens with two attached hydrogens (primary N) is 1. The Kier molecular flexibility index (Phi) is 4.09. The van der Waals surface area contributed by atoms with Crippen LogP contribution in [-0.4, -0.2) is 22.2 Å². The van der Waals surface area contributed by atoms with Gasteiger partial charge in [-0.25, -0.2) is 4.98 Å². The summed E-state index contributed by atoms with van der Waals surface area (Å²) in [6, 6.07) is 0. The van der Waals surface area contributed by atoms with Gasteiger partial charge in [-0.15, -0.1) is 0 Å². The fourth-order valence-corrected chi connectivity index (χ4v) is 4.68. The number of nitrogens with one attached hydrogen (secondary N) is 1. The third-order valence-electron chi connectivity index (χ3n) is 5.04. The molecule has 5 nitrogen and oxygen atoms in total. The summed E-state index contributed by atoms with van der Waals surface area (Å²) < 4.78 is 0. The van der Waals surface area contributed by atoms with Crippen molar-refractivity contribution in [3.05, 3.63) is 10.6 Å². The van der Waals surface area contributed by atoms with Crippen LogP contribution >= 0.6 is 11.3 Å². The van der Waals surface area contributed by atoms with Gasteiger partial charge in [-0.2, -0.15) is 0 Å². The number of Topliss-reactive ketones (excluding diaryl/α,β-unsaturated/α-hetero) is 1. The van der Waals surface area contributed by atoms with E-state index in [0.717, 1.165) is 37.8 Å². The van der Waals surface area contributed by atoms with Crippen LogP contribution in [0.15, 0.2) is 0 Å². The minimum absolute atomic E-state index is 0.0569. The molecule has 0 bridgehead atoms. The lowest BCUT2D eigenvalue weighted by atomic mass is 9.74. The molecule has 0 aliphatic heterocycles. The summed E-state index contributed by atoms with van der Waals surface area (Å²) in [5.74, 6) is -0.118. The van der Waals surface area contributed by atoms with Gasteiger partial charge in [-0.1, -0.05) is 38.0 Å². The summed E-state index contributed by atoms with van der Waals surface area (Å²) in [6.07, 6.45) is 5.11. The van der Waals surface area contributed by atoms with Crippen molar-refractivity contribution < 1.29 is 9.59 Å². The van der Waals surface area contributed by atoms with Crippen molar-refractivity contribution in [2.75, 3.05) is 5.32 Å². The second kappa shape index (κ2) is 5.67. The minimum atomic E-state index is -0.461. The van der Waals surface area contributed by atoms with Gasteiger partial charge in [-0.05, 0) is 31.6 Å². The Morgan fingerprint density at radius 2 is 2.04 bits per heavy atom. The molecule has 0 saturated heterocycles. The molecule has 1 heterocycles. The van der Waals surface area contributed by atoms with Gasteiger partial charge >= 0.3 is 0 Å². The predicted molar refractivity (Wildman–Crippen MR) is 91.7 cm³/mol. The molecule has 3 N–H and O–H groups in total. The number of carbonyl (C=O) groups is 2. The predicted octanol–water partition coefficient (Wildman–Crippen LogP) is 3.14. The Morgan fingerprint density at radius 1 is 1.30 bits per heavy atom. The van der Waals surface area contributed by atoms with Crippen molar-refractivity contribution in [2.24, 2.45) is 17.1 Å². The van der Waals surface area contributed by atoms with Crippen LogP contribution in [0.1, 0.15) is 68.2 Å². The smallest absolute Gasteiger partial charge is 0.231 e. The van der Waals surface area contributed by atoms with Gasteiger partial charge in [0.2, 0.25) is 5.91 Å². The lowest BCUT2D eigenvalue weighted by Crippen LogP contribution is -2.51. The van der Waals surface area contributed by atoms with E-state index in [1.165, 1.54) is 11.3 Å². The highest BCUT2D eigenvalue weighted by Crippen LogP contribution is 2.39. The Labute approximate surface area is 141 Å². The van der Waals surface area contributed by atoms with Gasteiger partial charge in [0.25, 0.3) is 0 Å². The van der Waals surface area contributed by atoms with E-state index in [0.29, 0.717) is 16.4 Å². The molecule has 2 unspecified atom stereocenters. The fraction of sp³-hybridized carbons (Fsp3) is 0.706. The summed E-state index contributed by atoms with van der Waals surface area (Å²) in [6.45, 7) is 6.11. The Bertz CT molecular complexity index is 648. The monoisotopic (exact) mass is 335 g/mol. The lowest BCUT2D eigenvalue weighted by Gasteiger charge is -2.36. The van der Waals surface area contributed by atoms with Crippen LogP contribution < -0.4 is 11.1 Å². The highest BCUT2D eigenvalue weighted by molar-refractivity contribution is 7.17. The second-order valence-corrected chi connectivity index (χ2v) is 9.03. The number of fused-ring (bicyclic) bond motifs is 1. The quantitative estimate of drug-likeness (QED) is 0.869. The molecule has 2 atom stereocenters. The molecule has 1 amide bonds. The number of hydrogen-bond acceptors (Lipinski definition) is 5. The zero-order chi connectivity index (χ0) is 16.8. The molecule has 0 aromatic carbocycles. The van der Waals surface area contributed by atoms with Crippen LogP contribution in [0.3, 0.4) is 0 Å². The molecule has 1 fully saturated rings. The summed E-state index contributed by atoms with van der Waals surface area (Å²) >= 11 is 1.30. The molecule has 0 spiro atoms. The normalized spacial score (nSPS) is 29.9. The minimum Gasteiger partial charge on any atom is -0.325 e. The molecule has 6 heteroatoms. The average molecular weight is 335 g/mol. The van der Waals surface area contributed by atoms with Crippen molar-refractivity contribution in [3.63, 3.8) is 0 Å². The third kappa shape index (κ3) is 3.33. The number of nitrogens with zero attached hydrogens (tertiary/aromatic N) is 1. The van der Waals surface area contributed by atoms with Crippen LogP contribution in [0.5, 0.6) is 0 Å². The van der Waals surface area contributed by atoms with Gasteiger partial charge in [-0.3, -0.25) is 9.59 Å². The van der Waals surface area contributed by atoms with Crippen molar-refractivity contribution >= 4 is 28.2 Å². The molecule has 2 aliphatic carbocycles. The number of amides is 1. The fourth-order valence-electron chi connectivity index (χ4n) is 3.76. The first kappa shape index (κ1) is 16.6. The van der Waals surface area contributed by atoms with Crippen molar-refractivity contribution in [1.29, 1.82) is 0 Å². The van der Waals surface area contributed by atoms with E-state index in [1.807, 2.05) is 6.92 Å². The zero-order valence-electron chi connectivity index (χ0n) is 14.1. The van der Waals surface area contributed by atoms with E-state index in [1.54, 1.807) is 0 Å². The average Bonchev–Trinajstić information content (AvgIpc) is 2.79. The Hall–Kier alpha value is -1.27. The third-order valence-corrected chi connectivity index (χ3v) is 6.09. The van der Waals surface area contributed by atoms with Gasteiger partial charge in [0.1, 0.15) is 0 Å². The van der Waals surface area contributed by atoms with Crippen LogP contribution in [0.2, 0.25) is 0 Å². The lowest BCUT2D eigenvalue weighted by molar-refractivity contribution is -0.122. The zero-order valence-corrected chi connectivity index (χ0v) is 14.9. The van der Waals surface area contributed by atoms with E-state index in [2.05, 4.69) is 24.1 Å². The van der Waals surface area contributed by atoms with Crippen molar-refractivity contribution in [2.45, 2.75) is 64.8 Å². The molecular formula is C17H25N3O2S. The second-order valence-electron chi connectivity index (χ2n) is 8.03. The molecule has 2 aliphatic rings. The highest BCUT2D eigenvalue weighted by Gasteiger charge is 2.39. The van der Waals surface area contributed by atoms with Gasteiger partial charge in [0.05, 0.1) is 16.5 Å². The standard InChI is InChI=1S/C17H25N3O2S/c1-16(2)8-11-13(12(21)9-16)23-15(19-11)20-14(22)10-6-4-5-7-17(10,3)18/h10H,4-9,18H2,1-3H3,(H,19,20,22). The number of thiazole rings is 1. The molecule has 1 saturated carbocycles. The molecule has 1 aromatic rings. The maximum absolute atomic E-state index is 12.6. The van der Waals surface area contributed by atoms with Gasteiger partial charge in [0.15, 0.2) is 10.9 Å². The van der Waals surface area contributed by atoms with Crippen molar-refractivity contribution in [3.8, 4) is 0 Å². The van der Waals surface area contributed by atoms with E-state index in [-0.39, 0.29) is 23.0 Å². The number of ketones is 1. The SMILES string of the molecule is CC1(C)CC(=O)c2sc(NC(=O)C3CCCCC3(C)N)nc2C1. The summed E-state index contributed by atoms with van der Waals surface area (Å²) in [5, 5.41) is 3.44. The van der Waals surface area contributed by atoms with Crippen LogP contribution in [0.25, 0.3) is 0 Å². The Morgan fingerprint density at radius 3 is 2.74 bits per heavy atom. The van der Waals surface area contributed by atoms with Crippen LogP contribution in [0.4, 0.5) is 5.13 Å². The number of hydrogen-bond donors (Lipinski definition) is 2. The summed E-state index contributed by atoms with van der Waals surface area (Å²) in [7, 11) is 0. The van der Waals surface area contributed by atoms with E-state index >= 15 is 0 Å². The van der Waals surface area contributed by atoms with Crippen LogP contribution in [-0.2, 0) is 11.2 Å².